The molecule has 24 heavy (non-hydrogen) atoms. The van der Waals surface area contributed by atoms with Crippen LogP contribution in [0.3, 0.4) is 0 Å². The number of fused-ring (bicyclic) bond motifs is 1. The van der Waals surface area contributed by atoms with Crippen molar-refractivity contribution < 1.29 is 9.53 Å². The number of benzene rings is 1. The summed E-state index contributed by atoms with van der Waals surface area (Å²) in [6.45, 7) is 4.93. The van der Waals surface area contributed by atoms with E-state index in [0.717, 1.165) is 36.8 Å². The van der Waals surface area contributed by atoms with Crippen molar-refractivity contribution in [2.75, 3.05) is 31.1 Å². The molecule has 2 aliphatic rings. The van der Waals surface area contributed by atoms with Gasteiger partial charge in [-0.25, -0.2) is 4.98 Å². The van der Waals surface area contributed by atoms with Crippen LogP contribution >= 0.6 is 11.3 Å². The van der Waals surface area contributed by atoms with Crippen LogP contribution in [0.4, 0.5) is 5.69 Å². The molecule has 1 aromatic carbocycles. The fraction of sp³-hybridized carbons (Fsp3) is 0.444. The molecule has 1 aromatic heterocycles. The molecule has 2 aromatic rings. The van der Waals surface area contributed by atoms with Crippen LogP contribution in [-0.2, 0) is 16.0 Å². The summed E-state index contributed by atoms with van der Waals surface area (Å²) in [6, 6.07) is 8.05. The second-order valence-electron chi connectivity index (χ2n) is 6.27. The summed E-state index contributed by atoms with van der Waals surface area (Å²) in [4.78, 5) is 21.5. The summed E-state index contributed by atoms with van der Waals surface area (Å²) in [7, 11) is 0. The number of rotatable bonds is 3. The molecule has 1 amide bonds. The molecular weight excluding hydrogens is 322 g/mol. The number of hydrogen-bond donors (Lipinski definition) is 0. The maximum absolute atomic E-state index is 13.0. The lowest BCUT2D eigenvalue weighted by Crippen LogP contribution is -2.51. The quantitative estimate of drug-likeness (QED) is 0.859. The van der Waals surface area contributed by atoms with Crippen LogP contribution in [0.1, 0.15) is 23.6 Å². The van der Waals surface area contributed by atoms with Crippen LogP contribution in [0.2, 0.25) is 0 Å². The number of anilines is 1. The Morgan fingerprint density at radius 1 is 1.38 bits per heavy atom. The Bertz CT molecular complexity index is 719. The van der Waals surface area contributed by atoms with Gasteiger partial charge in [0.1, 0.15) is 11.1 Å². The van der Waals surface area contributed by atoms with Gasteiger partial charge in [0, 0.05) is 36.9 Å². The average molecular weight is 343 g/mol. The van der Waals surface area contributed by atoms with E-state index in [1.807, 2.05) is 35.4 Å². The molecule has 3 heterocycles. The molecular formula is C18H21N3O2S. The number of morpholine rings is 1. The lowest BCUT2D eigenvalue weighted by Gasteiger charge is -2.36. The van der Waals surface area contributed by atoms with E-state index in [2.05, 4.69) is 16.0 Å². The molecule has 2 aliphatic heterocycles. The van der Waals surface area contributed by atoms with E-state index in [9.17, 15) is 4.79 Å². The molecule has 0 aliphatic carbocycles. The second kappa shape index (κ2) is 6.63. The highest BCUT2D eigenvalue weighted by Gasteiger charge is 2.34. The van der Waals surface area contributed by atoms with Gasteiger partial charge in [0.25, 0.3) is 0 Å². The van der Waals surface area contributed by atoms with Gasteiger partial charge in [-0.15, -0.1) is 11.3 Å². The van der Waals surface area contributed by atoms with Crippen LogP contribution in [0.5, 0.6) is 0 Å². The zero-order valence-electron chi connectivity index (χ0n) is 13.7. The van der Waals surface area contributed by atoms with Crippen molar-refractivity contribution in [1.82, 2.24) is 9.88 Å². The maximum Gasteiger partial charge on any atom is 0.244 e. The normalized spacial score (nSPS) is 22.4. The average Bonchev–Trinajstić information content (AvgIpc) is 3.30. The largest absolute Gasteiger partial charge is 0.368 e. The predicted molar refractivity (Wildman–Crippen MR) is 94.3 cm³/mol. The zero-order valence-corrected chi connectivity index (χ0v) is 14.5. The molecule has 1 saturated heterocycles. The van der Waals surface area contributed by atoms with Gasteiger partial charge in [0.2, 0.25) is 5.91 Å². The smallest absolute Gasteiger partial charge is 0.244 e. The molecule has 0 unspecified atom stereocenters. The molecule has 0 N–H and O–H groups in total. The van der Waals surface area contributed by atoms with Gasteiger partial charge in [-0.05, 0) is 25.0 Å². The highest BCUT2D eigenvalue weighted by Crippen LogP contribution is 2.30. The Kier molecular flexibility index (Phi) is 4.35. The van der Waals surface area contributed by atoms with Crippen LogP contribution in [-0.4, -0.2) is 48.1 Å². The number of aromatic nitrogens is 1. The first kappa shape index (κ1) is 15.7. The standard InChI is InChI=1S/C18H21N3O2S/c1-13(18(22)21-8-6-14-4-2-3-5-15(14)21)20-9-10-23-16(12-20)17-19-7-11-24-17/h2-5,7,11,13,16H,6,8-10,12H2,1H3/t13-,16+/m0/s1. The molecule has 0 bridgehead atoms. The van der Waals surface area contributed by atoms with Gasteiger partial charge >= 0.3 is 0 Å². The number of ether oxygens (including phenoxy) is 1. The molecule has 0 saturated carbocycles. The van der Waals surface area contributed by atoms with Crippen molar-refractivity contribution in [3.05, 3.63) is 46.4 Å². The Morgan fingerprint density at radius 2 is 2.25 bits per heavy atom. The summed E-state index contributed by atoms with van der Waals surface area (Å²) < 4.78 is 5.85. The van der Waals surface area contributed by atoms with E-state index in [0.29, 0.717) is 6.61 Å². The minimum atomic E-state index is -0.150. The predicted octanol–water partition coefficient (Wildman–Crippen LogP) is 2.49. The first-order valence-corrected chi connectivity index (χ1v) is 9.26. The monoisotopic (exact) mass is 343 g/mol. The number of nitrogens with zero attached hydrogens (tertiary/aromatic N) is 3. The van der Waals surface area contributed by atoms with E-state index < -0.39 is 0 Å². The number of hydrogen-bond acceptors (Lipinski definition) is 5. The highest BCUT2D eigenvalue weighted by atomic mass is 32.1. The first-order valence-electron chi connectivity index (χ1n) is 8.38. The highest BCUT2D eigenvalue weighted by molar-refractivity contribution is 7.09. The van der Waals surface area contributed by atoms with Crippen molar-refractivity contribution in [1.29, 1.82) is 0 Å². The summed E-state index contributed by atoms with van der Waals surface area (Å²) in [5.74, 6) is 0.180. The van der Waals surface area contributed by atoms with E-state index in [4.69, 9.17) is 4.74 Å². The van der Waals surface area contributed by atoms with Gasteiger partial charge in [-0.3, -0.25) is 9.69 Å². The molecule has 0 spiro atoms. The molecule has 6 heteroatoms. The Morgan fingerprint density at radius 3 is 3.08 bits per heavy atom. The summed E-state index contributed by atoms with van der Waals surface area (Å²) in [6.07, 6.45) is 2.72. The molecule has 126 valence electrons. The Hall–Kier alpha value is -1.76. The van der Waals surface area contributed by atoms with Crippen molar-refractivity contribution in [2.24, 2.45) is 0 Å². The lowest BCUT2D eigenvalue weighted by molar-refractivity contribution is -0.126. The first-order chi connectivity index (χ1) is 11.7. The summed E-state index contributed by atoms with van der Waals surface area (Å²) in [5, 5.41) is 2.96. The summed E-state index contributed by atoms with van der Waals surface area (Å²) in [5.41, 5.74) is 2.33. The van der Waals surface area contributed by atoms with Crippen molar-refractivity contribution >= 4 is 22.9 Å². The van der Waals surface area contributed by atoms with E-state index in [-0.39, 0.29) is 18.1 Å². The van der Waals surface area contributed by atoms with Crippen molar-refractivity contribution in [3.63, 3.8) is 0 Å². The van der Waals surface area contributed by atoms with E-state index in [1.165, 1.54) is 5.56 Å². The van der Waals surface area contributed by atoms with Crippen LogP contribution in [0, 0.1) is 0 Å². The SMILES string of the molecule is C[C@@H](C(=O)N1CCc2ccccc21)N1CCO[C@@H](c2nccs2)C1. The number of carbonyl (C=O) groups excluding carboxylic acids is 1. The van der Waals surface area contributed by atoms with Crippen LogP contribution < -0.4 is 4.90 Å². The number of thiazole rings is 1. The number of para-hydroxylation sites is 1. The van der Waals surface area contributed by atoms with Gasteiger partial charge in [-0.2, -0.15) is 0 Å². The Labute approximate surface area is 145 Å². The second-order valence-corrected chi connectivity index (χ2v) is 7.20. The molecule has 4 rings (SSSR count). The number of carbonyl (C=O) groups is 1. The third-order valence-corrected chi connectivity index (χ3v) is 5.75. The Balaban J connectivity index is 1.47. The van der Waals surface area contributed by atoms with Crippen molar-refractivity contribution in [2.45, 2.75) is 25.5 Å². The van der Waals surface area contributed by atoms with Gasteiger partial charge < -0.3 is 9.64 Å². The van der Waals surface area contributed by atoms with E-state index >= 15 is 0 Å². The van der Waals surface area contributed by atoms with Crippen LogP contribution in [0.15, 0.2) is 35.8 Å². The zero-order chi connectivity index (χ0) is 16.5. The minimum absolute atomic E-state index is 0.0279. The molecule has 1 fully saturated rings. The van der Waals surface area contributed by atoms with Gasteiger partial charge in [-0.1, -0.05) is 18.2 Å². The van der Waals surface area contributed by atoms with Crippen molar-refractivity contribution in [3.8, 4) is 0 Å². The topological polar surface area (TPSA) is 45.7 Å². The third kappa shape index (κ3) is 2.85. The molecule has 2 atom stereocenters. The number of amides is 1. The minimum Gasteiger partial charge on any atom is -0.368 e. The van der Waals surface area contributed by atoms with Gasteiger partial charge in [0.15, 0.2) is 0 Å². The van der Waals surface area contributed by atoms with E-state index in [1.54, 1.807) is 17.5 Å². The summed E-state index contributed by atoms with van der Waals surface area (Å²) >= 11 is 1.61. The molecule has 5 nitrogen and oxygen atoms in total. The van der Waals surface area contributed by atoms with Crippen LogP contribution in [0.25, 0.3) is 0 Å². The fourth-order valence-corrected chi connectivity index (χ4v) is 4.19. The lowest BCUT2D eigenvalue weighted by atomic mass is 10.1. The third-order valence-electron chi connectivity index (χ3n) is 4.88. The fourth-order valence-electron chi connectivity index (χ4n) is 3.51. The van der Waals surface area contributed by atoms with Gasteiger partial charge in [0.05, 0.1) is 12.6 Å². The molecule has 0 radical (unpaired) electrons. The maximum atomic E-state index is 13.0.